The van der Waals surface area contributed by atoms with Crippen LogP contribution in [0, 0.1) is 0 Å². The molecule has 0 N–H and O–H groups in total. The summed E-state index contributed by atoms with van der Waals surface area (Å²) in [6.45, 7) is 0. The first kappa shape index (κ1) is 22.2. The van der Waals surface area contributed by atoms with E-state index < -0.39 is 9.84 Å². The number of benzene rings is 2. The summed E-state index contributed by atoms with van der Waals surface area (Å²) in [5.41, 5.74) is 1.57. The number of amidine groups is 1. The average Bonchev–Trinajstić information content (AvgIpc) is 3.19. The number of aliphatic imine (C=N–C) groups is 1. The highest BCUT2D eigenvalue weighted by Crippen LogP contribution is 2.41. The number of carbonyl (C=O) groups is 1. The standard InChI is InChI=1S/C21H21BrN2O5S2/c1-28-17-8-3-13(9-18(17)29-2)10-20(25)23-21-24(15-6-4-14(22)5-7-15)16-11-31(26,27)12-19(16)30-21/h3-9,16,19H,10-12H2,1-2H3/t16-,19+/m0/s1. The van der Waals surface area contributed by atoms with Gasteiger partial charge in [-0.25, -0.2) is 8.42 Å². The van der Waals surface area contributed by atoms with E-state index in [1.165, 1.54) is 11.8 Å². The number of thioether (sulfide) groups is 1. The van der Waals surface area contributed by atoms with Gasteiger partial charge in [0.05, 0.1) is 38.2 Å². The third-order valence-corrected chi connectivity index (χ3v) is 8.93. The molecule has 0 aliphatic carbocycles. The number of hydrogen-bond acceptors (Lipinski definition) is 6. The molecule has 2 aliphatic heterocycles. The number of hydrogen-bond donors (Lipinski definition) is 0. The van der Waals surface area contributed by atoms with Crippen molar-refractivity contribution in [1.82, 2.24) is 0 Å². The lowest BCUT2D eigenvalue weighted by Crippen LogP contribution is -2.37. The van der Waals surface area contributed by atoms with Gasteiger partial charge in [0, 0.05) is 15.4 Å². The van der Waals surface area contributed by atoms with E-state index in [-0.39, 0.29) is 35.1 Å². The maximum Gasteiger partial charge on any atom is 0.252 e. The van der Waals surface area contributed by atoms with Gasteiger partial charge in [-0.15, -0.1) is 0 Å². The number of carbonyl (C=O) groups excluding carboxylic acids is 1. The summed E-state index contributed by atoms with van der Waals surface area (Å²) >= 11 is 4.78. The molecular weight excluding hydrogens is 504 g/mol. The lowest BCUT2D eigenvalue weighted by molar-refractivity contribution is -0.117. The Kier molecular flexibility index (Phi) is 6.32. The van der Waals surface area contributed by atoms with Crippen molar-refractivity contribution in [1.29, 1.82) is 0 Å². The quantitative estimate of drug-likeness (QED) is 0.592. The van der Waals surface area contributed by atoms with Crippen molar-refractivity contribution in [2.24, 2.45) is 4.99 Å². The lowest BCUT2D eigenvalue weighted by atomic mass is 10.1. The number of sulfone groups is 1. The Morgan fingerprint density at radius 2 is 1.84 bits per heavy atom. The molecule has 0 radical (unpaired) electrons. The van der Waals surface area contributed by atoms with Gasteiger partial charge in [0.1, 0.15) is 0 Å². The largest absolute Gasteiger partial charge is 0.493 e. The number of methoxy groups -OCH3 is 2. The number of fused-ring (bicyclic) bond motifs is 1. The minimum absolute atomic E-state index is 0.0591. The zero-order valence-electron chi connectivity index (χ0n) is 16.9. The van der Waals surface area contributed by atoms with Crippen molar-refractivity contribution in [2.45, 2.75) is 17.7 Å². The van der Waals surface area contributed by atoms with E-state index in [0.29, 0.717) is 16.7 Å². The summed E-state index contributed by atoms with van der Waals surface area (Å²) < 4.78 is 35.8. The molecule has 0 saturated carbocycles. The Morgan fingerprint density at radius 3 is 2.52 bits per heavy atom. The van der Waals surface area contributed by atoms with Crippen LogP contribution in [-0.2, 0) is 21.1 Å². The molecule has 0 bridgehead atoms. The normalized spacial score (nSPS) is 23.1. The van der Waals surface area contributed by atoms with Gasteiger partial charge in [-0.2, -0.15) is 4.99 Å². The molecule has 2 aromatic carbocycles. The highest BCUT2D eigenvalue weighted by Gasteiger charge is 2.49. The van der Waals surface area contributed by atoms with Crippen LogP contribution in [0.25, 0.3) is 0 Å². The summed E-state index contributed by atoms with van der Waals surface area (Å²) in [7, 11) is -0.00810. The van der Waals surface area contributed by atoms with E-state index in [1.807, 2.05) is 29.2 Å². The number of anilines is 1. The second kappa shape index (κ2) is 8.84. The van der Waals surface area contributed by atoms with E-state index in [2.05, 4.69) is 20.9 Å². The maximum absolute atomic E-state index is 12.8. The number of amides is 1. The SMILES string of the molecule is COc1ccc(CC(=O)N=C2S[C@@H]3CS(=O)(=O)C[C@@H]3N2c2ccc(Br)cc2)cc1OC. The summed E-state index contributed by atoms with van der Waals surface area (Å²) in [6, 6.07) is 12.6. The van der Waals surface area contributed by atoms with Gasteiger partial charge in [-0.3, -0.25) is 4.79 Å². The van der Waals surface area contributed by atoms with Gasteiger partial charge in [0.2, 0.25) is 0 Å². The number of nitrogens with zero attached hydrogens (tertiary/aromatic N) is 2. The fourth-order valence-corrected chi connectivity index (χ4v) is 7.98. The molecule has 0 unspecified atom stereocenters. The Labute approximate surface area is 193 Å². The summed E-state index contributed by atoms with van der Waals surface area (Å²) in [5.74, 6) is 0.986. The average molecular weight is 525 g/mol. The molecule has 0 aromatic heterocycles. The molecule has 2 fully saturated rings. The van der Waals surface area contributed by atoms with Crippen molar-refractivity contribution in [3.05, 3.63) is 52.5 Å². The van der Waals surface area contributed by atoms with Gasteiger partial charge in [-0.1, -0.05) is 33.8 Å². The minimum Gasteiger partial charge on any atom is -0.493 e. The molecule has 2 atom stereocenters. The highest BCUT2D eigenvalue weighted by molar-refractivity contribution is 9.10. The monoisotopic (exact) mass is 524 g/mol. The third-order valence-electron chi connectivity index (χ3n) is 5.20. The van der Waals surface area contributed by atoms with Crippen LogP contribution in [0.15, 0.2) is 51.9 Å². The van der Waals surface area contributed by atoms with E-state index in [1.54, 1.807) is 32.4 Å². The zero-order valence-corrected chi connectivity index (χ0v) is 20.2. The molecule has 2 heterocycles. The Hall–Kier alpha value is -2.04. The predicted molar refractivity (Wildman–Crippen MR) is 126 cm³/mol. The Bertz CT molecular complexity index is 1130. The smallest absolute Gasteiger partial charge is 0.252 e. The van der Waals surface area contributed by atoms with Gasteiger partial charge < -0.3 is 14.4 Å². The van der Waals surface area contributed by atoms with Crippen molar-refractivity contribution in [2.75, 3.05) is 30.6 Å². The van der Waals surface area contributed by atoms with Crippen LogP contribution in [0.4, 0.5) is 5.69 Å². The van der Waals surface area contributed by atoms with Gasteiger partial charge in [0.25, 0.3) is 5.91 Å². The fraction of sp³-hybridized carbons (Fsp3) is 0.333. The molecular formula is C21H21BrN2O5S2. The van der Waals surface area contributed by atoms with Crippen LogP contribution in [0.5, 0.6) is 11.5 Å². The fourth-order valence-electron chi connectivity index (χ4n) is 3.78. The molecule has 2 aliphatic rings. The molecule has 10 heteroatoms. The van der Waals surface area contributed by atoms with Crippen LogP contribution < -0.4 is 14.4 Å². The molecule has 2 saturated heterocycles. The zero-order chi connectivity index (χ0) is 22.2. The molecule has 7 nitrogen and oxygen atoms in total. The molecule has 164 valence electrons. The van der Waals surface area contributed by atoms with Crippen LogP contribution in [0.2, 0.25) is 0 Å². The Morgan fingerprint density at radius 1 is 1.13 bits per heavy atom. The van der Waals surface area contributed by atoms with Crippen LogP contribution in [0.3, 0.4) is 0 Å². The number of halogens is 1. The predicted octanol–water partition coefficient (Wildman–Crippen LogP) is 3.31. The van der Waals surface area contributed by atoms with Crippen molar-refractivity contribution in [3.63, 3.8) is 0 Å². The second-order valence-electron chi connectivity index (χ2n) is 7.30. The van der Waals surface area contributed by atoms with E-state index in [0.717, 1.165) is 15.7 Å². The maximum atomic E-state index is 12.8. The van der Waals surface area contributed by atoms with Gasteiger partial charge in [0.15, 0.2) is 26.5 Å². The molecule has 2 aromatic rings. The van der Waals surface area contributed by atoms with Gasteiger partial charge >= 0.3 is 0 Å². The van der Waals surface area contributed by atoms with Crippen LogP contribution in [0.1, 0.15) is 5.56 Å². The van der Waals surface area contributed by atoms with Crippen molar-refractivity contribution < 1.29 is 22.7 Å². The number of rotatable bonds is 5. The van der Waals surface area contributed by atoms with Crippen LogP contribution >= 0.6 is 27.7 Å². The number of ether oxygens (including phenoxy) is 2. The summed E-state index contributed by atoms with van der Waals surface area (Å²) in [6.07, 6.45) is 0.103. The lowest BCUT2D eigenvalue weighted by Gasteiger charge is -2.24. The van der Waals surface area contributed by atoms with E-state index in [4.69, 9.17) is 9.47 Å². The Balaban J connectivity index is 1.60. The second-order valence-corrected chi connectivity index (χ2v) is 11.6. The first-order valence-electron chi connectivity index (χ1n) is 9.54. The first-order valence-corrected chi connectivity index (χ1v) is 13.0. The first-order chi connectivity index (χ1) is 14.8. The topological polar surface area (TPSA) is 85.3 Å². The van der Waals surface area contributed by atoms with E-state index in [9.17, 15) is 13.2 Å². The highest BCUT2D eigenvalue weighted by atomic mass is 79.9. The summed E-state index contributed by atoms with van der Waals surface area (Å²) in [5, 5.41) is 0.402. The molecule has 31 heavy (non-hydrogen) atoms. The molecule has 0 spiro atoms. The van der Waals surface area contributed by atoms with Crippen LogP contribution in [-0.4, -0.2) is 56.5 Å². The molecule has 1 amide bonds. The molecule has 4 rings (SSSR count). The van der Waals surface area contributed by atoms with E-state index >= 15 is 0 Å². The third kappa shape index (κ3) is 4.75. The van der Waals surface area contributed by atoms with Crippen molar-refractivity contribution >= 4 is 54.3 Å². The summed E-state index contributed by atoms with van der Waals surface area (Å²) in [4.78, 5) is 19.0. The van der Waals surface area contributed by atoms with Gasteiger partial charge in [-0.05, 0) is 42.0 Å². The van der Waals surface area contributed by atoms with Crippen molar-refractivity contribution in [3.8, 4) is 11.5 Å². The minimum atomic E-state index is -3.11.